The van der Waals surface area contributed by atoms with Crippen LogP contribution in [-0.4, -0.2) is 49.2 Å². The van der Waals surface area contributed by atoms with Gasteiger partial charge in [0, 0.05) is 19.1 Å². The SMILES string of the molecule is CCCNC(=O)C1COCCN1C(C)CC#N. The Bertz CT molecular complexity index is 288. The second-order valence-corrected chi connectivity index (χ2v) is 4.33. The maximum absolute atomic E-state index is 12.0. The summed E-state index contributed by atoms with van der Waals surface area (Å²) < 4.78 is 5.36. The van der Waals surface area contributed by atoms with Crippen LogP contribution in [0.3, 0.4) is 0 Å². The fraction of sp³-hybridized carbons (Fsp3) is 0.833. The molecule has 2 atom stereocenters. The number of hydrogen-bond donors (Lipinski definition) is 1. The normalized spacial score (nSPS) is 22.8. The zero-order chi connectivity index (χ0) is 12.7. The Hall–Kier alpha value is -1.12. The van der Waals surface area contributed by atoms with Crippen LogP contribution >= 0.6 is 0 Å². The molecule has 1 heterocycles. The standard InChI is InChI=1S/C12H21N3O2/c1-3-6-14-12(16)11-9-17-8-7-15(11)10(2)4-5-13/h10-11H,3-4,6-9H2,1-2H3,(H,14,16). The third-order valence-electron chi connectivity index (χ3n) is 2.97. The van der Waals surface area contributed by atoms with E-state index in [1.165, 1.54) is 0 Å². The number of carbonyl (C=O) groups is 1. The third-order valence-corrected chi connectivity index (χ3v) is 2.97. The predicted octanol–water partition coefficient (Wildman–Crippen LogP) is 0.516. The number of nitrogens with one attached hydrogen (secondary N) is 1. The molecule has 0 saturated carbocycles. The maximum Gasteiger partial charge on any atom is 0.239 e. The van der Waals surface area contributed by atoms with E-state index in [4.69, 9.17) is 10.00 Å². The Morgan fingerprint density at radius 3 is 3.12 bits per heavy atom. The van der Waals surface area contributed by atoms with E-state index in [9.17, 15) is 4.79 Å². The summed E-state index contributed by atoms with van der Waals surface area (Å²) >= 11 is 0. The number of rotatable bonds is 5. The highest BCUT2D eigenvalue weighted by atomic mass is 16.5. The molecule has 1 N–H and O–H groups in total. The molecule has 17 heavy (non-hydrogen) atoms. The van der Waals surface area contributed by atoms with Gasteiger partial charge in [-0.1, -0.05) is 6.92 Å². The number of carbonyl (C=O) groups excluding carboxylic acids is 1. The van der Waals surface area contributed by atoms with Gasteiger partial charge in [-0.05, 0) is 13.3 Å². The second kappa shape index (κ2) is 7.25. The number of amides is 1. The lowest BCUT2D eigenvalue weighted by atomic mass is 10.1. The van der Waals surface area contributed by atoms with Crippen molar-refractivity contribution in [2.45, 2.75) is 38.8 Å². The van der Waals surface area contributed by atoms with Gasteiger partial charge in [-0.2, -0.15) is 5.26 Å². The molecule has 1 saturated heterocycles. The Labute approximate surface area is 103 Å². The maximum atomic E-state index is 12.0. The third kappa shape index (κ3) is 3.99. The Balaban J connectivity index is 2.59. The minimum atomic E-state index is -0.251. The predicted molar refractivity (Wildman–Crippen MR) is 64.3 cm³/mol. The molecule has 5 nitrogen and oxygen atoms in total. The summed E-state index contributed by atoms with van der Waals surface area (Å²) in [7, 11) is 0. The van der Waals surface area contributed by atoms with Crippen molar-refractivity contribution in [1.29, 1.82) is 5.26 Å². The average Bonchev–Trinajstić information content (AvgIpc) is 2.36. The van der Waals surface area contributed by atoms with Gasteiger partial charge in [0.1, 0.15) is 6.04 Å². The largest absolute Gasteiger partial charge is 0.378 e. The van der Waals surface area contributed by atoms with Gasteiger partial charge in [0.05, 0.1) is 25.7 Å². The van der Waals surface area contributed by atoms with Crippen molar-refractivity contribution in [2.24, 2.45) is 0 Å². The quantitative estimate of drug-likeness (QED) is 0.759. The molecule has 0 aromatic carbocycles. The van der Waals surface area contributed by atoms with E-state index in [2.05, 4.69) is 16.3 Å². The van der Waals surface area contributed by atoms with E-state index in [-0.39, 0.29) is 18.0 Å². The molecular formula is C12H21N3O2. The van der Waals surface area contributed by atoms with E-state index in [0.717, 1.165) is 6.42 Å². The lowest BCUT2D eigenvalue weighted by molar-refractivity contribution is -0.134. The van der Waals surface area contributed by atoms with Gasteiger partial charge in [-0.15, -0.1) is 0 Å². The van der Waals surface area contributed by atoms with E-state index >= 15 is 0 Å². The van der Waals surface area contributed by atoms with Crippen LogP contribution in [-0.2, 0) is 9.53 Å². The number of nitriles is 1. The van der Waals surface area contributed by atoms with E-state index in [1.54, 1.807) is 0 Å². The van der Waals surface area contributed by atoms with Crippen LogP contribution < -0.4 is 5.32 Å². The van der Waals surface area contributed by atoms with Gasteiger partial charge in [-0.3, -0.25) is 9.69 Å². The summed E-state index contributed by atoms with van der Waals surface area (Å²) in [6.07, 6.45) is 1.37. The molecule has 2 unspecified atom stereocenters. The molecule has 0 aromatic rings. The molecular weight excluding hydrogens is 218 g/mol. The smallest absolute Gasteiger partial charge is 0.239 e. The van der Waals surface area contributed by atoms with Gasteiger partial charge in [0.2, 0.25) is 5.91 Å². The van der Waals surface area contributed by atoms with Crippen molar-refractivity contribution >= 4 is 5.91 Å². The minimum absolute atomic E-state index is 0.0105. The van der Waals surface area contributed by atoms with Gasteiger partial charge in [-0.25, -0.2) is 0 Å². The molecule has 1 aliphatic heterocycles. The summed E-state index contributed by atoms with van der Waals surface area (Å²) in [4.78, 5) is 14.0. The lowest BCUT2D eigenvalue weighted by Crippen LogP contribution is -2.56. The molecule has 0 aliphatic carbocycles. The first kappa shape index (κ1) is 13.9. The van der Waals surface area contributed by atoms with Gasteiger partial charge in [0.25, 0.3) is 0 Å². The van der Waals surface area contributed by atoms with Crippen molar-refractivity contribution in [3.63, 3.8) is 0 Å². The minimum Gasteiger partial charge on any atom is -0.378 e. The molecule has 96 valence electrons. The van der Waals surface area contributed by atoms with Crippen LogP contribution in [0.25, 0.3) is 0 Å². The lowest BCUT2D eigenvalue weighted by Gasteiger charge is -2.37. The highest BCUT2D eigenvalue weighted by Gasteiger charge is 2.32. The monoisotopic (exact) mass is 239 g/mol. The van der Waals surface area contributed by atoms with Crippen molar-refractivity contribution in [2.75, 3.05) is 26.3 Å². The van der Waals surface area contributed by atoms with Crippen LogP contribution in [0.5, 0.6) is 0 Å². The van der Waals surface area contributed by atoms with E-state index in [1.807, 2.05) is 13.8 Å². The van der Waals surface area contributed by atoms with Gasteiger partial charge in [0.15, 0.2) is 0 Å². The first-order valence-electron chi connectivity index (χ1n) is 6.18. The number of morpholine rings is 1. The van der Waals surface area contributed by atoms with E-state index in [0.29, 0.717) is 32.7 Å². The fourth-order valence-electron chi connectivity index (χ4n) is 1.99. The molecule has 1 aliphatic rings. The molecule has 0 aromatic heterocycles. The molecule has 0 radical (unpaired) electrons. The highest BCUT2D eigenvalue weighted by molar-refractivity contribution is 5.82. The number of ether oxygens (including phenoxy) is 1. The van der Waals surface area contributed by atoms with Crippen LogP contribution in [0, 0.1) is 11.3 Å². The number of nitrogens with zero attached hydrogens (tertiary/aromatic N) is 2. The first-order chi connectivity index (χ1) is 8.20. The summed E-state index contributed by atoms with van der Waals surface area (Å²) in [5.41, 5.74) is 0. The molecule has 5 heteroatoms. The zero-order valence-electron chi connectivity index (χ0n) is 10.6. The number of hydrogen-bond acceptors (Lipinski definition) is 4. The molecule has 0 spiro atoms. The van der Waals surface area contributed by atoms with Crippen molar-refractivity contribution in [3.8, 4) is 6.07 Å². The summed E-state index contributed by atoms with van der Waals surface area (Å²) in [5, 5.41) is 11.6. The molecule has 1 rings (SSSR count). The van der Waals surface area contributed by atoms with Crippen molar-refractivity contribution in [1.82, 2.24) is 10.2 Å². The van der Waals surface area contributed by atoms with Crippen LogP contribution in [0.1, 0.15) is 26.7 Å². The van der Waals surface area contributed by atoms with Crippen LogP contribution in [0.2, 0.25) is 0 Å². The summed E-state index contributed by atoms with van der Waals surface area (Å²) in [5.74, 6) is 0.0105. The Morgan fingerprint density at radius 1 is 1.71 bits per heavy atom. The summed E-state index contributed by atoms with van der Waals surface area (Å²) in [6.45, 7) is 6.46. The Morgan fingerprint density at radius 2 is 2.47 bits per heavy atom. The highest BCUT2D eigenvalue weighted by Crippen LogP contribution is 2.13. The van der Waals surface area contributed by atoms with Crippen LogP contribution in [0.4, 0.5) is 0 Å². The zero-order valence-corrected chi connectivity index (χ0v) is 10.6. The summed E-state index contributed by atoms with van der Waals surface area (Å²) in [6, 6.07) is 2.00. The van der Waals surface area contributed by atoms with Crippen molar-refractivity contribution in [3.05, 3.63) is 0 Å². The second-order valence-electron chi connectivity index (χ2n) is 4.33. The molecule has 0 bridgehead atoms. The fourth-order valence-corrected chi connectivity index (χ4v) is 1.99. The Kier molecular flexibility index (Phi) is 5.95. The first-order valence-corrected chi connectivity index (χ1v) is 6.18. The van der Waals surface area contributed by atoms with E-state index < -0.39 is 0 Å². The molecule has 1 fully saturated rings. The topological polar surface area (TPSA) is 65.4 Å². The van der Waals surface area contributed by atoms with Gasteiger partial charge >= 0.3 is 0 Å². The van der Waals surface area contributed by atoms with Crippen LogP contribution in [0.15, 0.2) is 0 Å². The van der Waals surface area contributed by atoms with Gasteiger partial charge < -0.3 is 10.1 Å². The molecule has 1 amide bonds. The van der Waals surface area contributed by atoms with Crippen molar-refractivity contribution < 1.29 is 9.53 Å². The average molecular weight is 239 g/mol.